The maximum atomic E-state index is 5.87. The van der Waals surface area contributed by atoms with Crippen LogP contribution in [0.15, 0.2) is 33.7 Å². The zero-order valence-electron chi connectivity index (χ0n) is 10.5. The Labute approximate surface area is 110 Å². The highest BCUT2D eigenvalue weighted by Gasteiger charge is 2.06. The zero-order chi connectivity index (χ0) is 13.0. The minimum Gasteiger partial charge on any atom is -0.398 e. The smallest absolute Gasteiger partial charge is 0.162 e. The van der Waals surface area contributed by atoms with Crippen LogP contribution in [0.25, 0.3) is 0 Å². The van der Waals surface area contributed by atoms with Gasteiger partial charge < -0.3 is 15.0 Å². The zero-order valence-corrected chi connectivity index (χ0v) is 11.3. The summed E-state index contributed by atoms with van der Waals surface area (Å²) in [6, 6.07) is 7.85. The Morgan fingerprint density at radius 3 is 3.06 bits per heavy atom. The van der Waals surface area contributed by atoms with Gasteiger partial charge in [0.1, 0.15) is 6.61 Å². The maximum Gasteiger partial charge on any atom is 0.162 e. The Bertz CT molecular complexity index is 525. The molecule has 5 heteroatoms. The Hall–Kier alpha value is -1.46. The third-order valence-corrected chi connectivity index (χ3v) is 3.79. The van der Waals surface area contributed by atoms with Crippen LogP contribution in [0.1, 0.15) is 17.0 Å². The van der Waals surface area contributed by atoms with Crippen molar-refractivity contribution >= 4 is 17.4 Å². The van der Waals surface area contributed by atoms with E-state index in [0.29, 0.717) is 6.61 Å². The number of hydrogen-bond acceptors (Lipinski definition) is 5. The lowest BCUT2D eigenvalue weighted by atomic mass is 10.2. The largest absolute Gasteiger partial charge is 0.398 e. The van der Waals surface area contributed by atoms with Crippen LogP contribution in [-0.4, -0.2) is 12.3 Å². The van der Waals surface area contributed by atoms with Gasteiger partial charge in [0.2, 0.25) is 0 Å². The van der Waals surface area contributed by atoms with Gasteiger partial charge in [-0.1, -0.05) is 11.2 Å². The standard InChI is InChI=1S/C13H16N2O2S/c1-9-12(14)4-3-5-13(9)18-8-10-6-11(7-16-2)17-15-10/h3-6H,7-8,14H2,1-2H3. The van der Waals surface area contributed by atoms with Gasteiger partial charge in [0.25, 0.3) is 0 Å². The van der Waals surface area contributed by atoms with Crippen LogP contribution in [0.3, 0.4) is 0 Å². The van der Waals surface area contributed by atoms with Crippen molar-refractivity contribution in [2.75, 3.05) is 12.8 Å². The van der Waals surface area contributed by atoms with Gasteiger partial charge in [-0.2, -0.15) is 0 Å². The summed E-state index contributed by atoms with van der Waals surface area (Å²) < 4.78 is 10.1. The topological polar surface area (TPSA) is 61.3 Å². The van der Waals surface area contributed by atoms with E-state index in [-0.39, 0.29) is 0 Å². The first kappa shape index (κ1) is 13.0. The second-order valence-corrected chi connectivity index (χ2v) is 4.99. The average molecular weight is 264 g/mol. The first-order valence-electron chi connectivity index (χ1n) is 5.62. The predicted molar refractivity (Wildman–Crippen MR) is 72.4 cm³/mol. The number of hydrogen-bond donors (Lipinski definition) is 1. The molecule has 2 aromatic rings. The first-order chi connectivity index (χ1) is 8.70. The fourth-order valence-corrected chi connectivity index (χ4v) is 2.52. The molecule has 0 aliphatic carbocycles. The number of thioether (sulfide) groups is 1. The van der Waals surface area contributed by atoms with E-state index >= 15 is 0 Å². The van der Waals surface area contributed by atoms with Crippen molar-refractivity contribution in [3.8, 4) is 0 Å². The number of nitrogen functional groups attached to an aromatic ring is 1. The summed E-state index contributed by atoms with van der Waals surface area (Å²) in [4.78, 5) is 1.17. The molecule has 1 heterocycles. The van der Waals surface area contributed by atoms with Gasteiger partial charge in [0.05, 0.1) is 5.69 Å². The molecule has 1 aromatic heterocycles. The Morgan fingerprint density at radius 1 is 1.44 bits per heavy atom. The summed E-state index contributed by atoms with van der Waals surface area (Å²) in [7, 11) is 1.63. The van der Waals surface area contributed by atoms with E-state index in [2.05, 4.69) is 11.2 Å². The molecule has 0 fully saturated rings. The van der Waals surface area contributed by atoms with E-state index in [0.717, 1.165) is 28.5 Å². The Morgan fingerprint density at radius 2 is 2.28 bits per heavy atom. The summed E-state index contributed by atoms with van der Waals surface area (Å²) in [5, 5.41) is 3.99. The molecule has 1 aromatic carbocycles. The van der Waals surface area contributed by atoms with Gasteiger partial charge in [0.15, 0.2) is 5.76 Å². The number of rotatable bonds is 5. The van der Waals surface area contributed by atoms with E-state index in [9.17, 15) is 0 Å². The van der Waals surface area contributed by atoms with Crippen LogP contribution in [0.4, 0.5) is 5.69 Å². The molecule has 0 radical (unpaired) electrons. The van der Waals surface area contributed by atoms with E-state index in [1.165, 1.54) is 4.90 Å². The molecule has 0 bridgehead atoms. The summed E-state index contributed by atoms with van der Waals surface area (Å²) in [6.07, 6.45) is 0. The van der Waals surface area contributed by atoms with Gasteiger partial charge in [0, 0.05) is 29.5 Å². The molecule has 2 N–H and O–H groups in total. The van der Waals surface area contributed by atoms with Crippen molar-refractivity contribution in [2.45, 2.75) is 24.2 Å². The van der Waals surface area contributed by atoms with E-state index in [4.69, 9.17) is 15.0 Å². The second kappa shape index (κ2) is 5.93. The minimum absolute atomic E-state index is 0.453. The summed E-state index contributed by atoms with van der Waals surface area (Å²) in [5.41, 5.74) is 8.71. The summed E-state index contributed by atoms with van der Waals surface area (Å²) in [6.45, 7) is 2.48. The Kier molecular flexibility index (Phi) is 4.28. The molecule has 2 rings (SSSR count). The van der Waals surface area contributed by atoms with E-state index in [1.54, 1.807) is 18.9 Å². The van der Waals surface area contributed by atoms with Crippen molar-refractivity contribution in [1.82, 2.24) is 5.16 Å². The molecular formula is C13H16N2O2S. The van der Waals surface area contributed by atoms with Crippen molar-refractivity contribution in [3.63, 3.8) is 0 Å². The van der Waals surface area contributed by atoms with Crippen LogP contribution >= 0.6 is 11.8 Å². The van der Waals surface area contributed by atoms with Crippen molar-refractivity contribution in [1.29, 1.82) is 0 Å². The number of methoxy groups -OCH3 is 1. The molecule has 0 amide bonds. The van der Waals surface area contributed by atoms with Crippen LogP contribution in [0.5, 0.6) is 0 Å². The van der Waals surface area contributed by atoms with Gasteiger partial charge in [-0.3, -0.25) is 0 Å². The number of benzene rings is 1. The second-order valence-electron chi connectivity index (χ2n) is 3.98. The monoisotopic (exact) mass is 264 g/mol. The molecule has 0 aliphatic heterocycles. The van der Waals surface area contributed by atoms with Gasteiger partial charge in [-0.05, 0) is 24.6 Å². The lowest BCUT2D eigenvalue weighted by Crippen LogP contribution is -1.91. The van der Waals surface area contributed by atoms with E-state index in [1.807, 2.05) is 25.1 Å². The van der Waals surface area contributed by atoms with Crippen LogP contribution in [-0.2, 0) is 17.1 Å². The molecule has 18 heavy (non-hydrogen) atoms. The number of aromatic nitrogens is 1. The van der Waals surface area contributed by atoms with Gasteiger partial charge in [-0.15, -0.1) is 11.8 Å². The molecule has 0 unspecified atom stereocenters. The molecule has 96 valence electrons. The van der Waals surface area contributed by atoms with Crippen LogP contribution < -0.4 is 5.73 Å². The summed E-state index contributed by atoms with van der Waals surface area (Å²) >= 11 is 1.70. The van der Waals surface area contributed by atoms with Crippen LogP contribution in [0.2, 0.25) is 0 Å². The third kappa shape index (κ3) is 3.05. The average Bonchev–Trinajstić information content (AvgIpc) is 2.79. The Balaban J connectivity index is 2.00. The SMILES string of the molecule is COCc1cc(CSc2cccc(N)c2C)no1. The van der Waals surface area contributed by atoms with Gasteiger partial charge >= 0.3 is 0 Å². The number of nitrogens with zero attached hydrogens (tertiary/aromatic N) is 1. The van der Waals surface area contributed by atoms with Crippen molar-refractivity contribution in [2.24, 2.45) is 0 Å². The number of anilines is 1. The molecule has 4 nitrogen and oxygen atoms in total. The molecule has 0 spiro atoms. The highest BCUT2D eigenvalue weighted by atomic mass is 32.2. The fourth-order valence-electron chi connectivity index (χ4n) is 1.57. The van der Waals surface area contributed by atoms with Crippen LogP contribution in [0, 0.1) is 6.92 Å². The van der Waals surface area contributed by atoms with Gasteiger partial charge in [-0.25, -0.2) is 0 Å². The number of ether oxygens (including phenoxy) is 1. The molecule has 0 saturated carbocycles. The molecule has 0 aliphatic rings. The lowest BCUT2D eigenvalue weighted by Gasteiger charge is -2.06. The van der Waals surface area contributed by atoms with Crippen molar-refractivity contribution < 1.29 is 9.26 Å². The minimum atomic E-state index is 0.453. The highest BCUT2D eigenvalue weighted by molar-refractivity contribution is 7.98. The normalized spacial score (nSPS) is 10.8. The number of nitrogens with two attached hydrogens (primary N) is 1. The molecule has 0 atom stereocenters. The highest BCUT2D eigenvalue weighted by Crippen LogP contribution is 2.28. The fraction of sp³-hybridized carbons (Fsp3) is 0.308. The third-order valence-electron chi connectivity index (χ3n) is 2.60. The first-order valence-corrected chi connectivity index (χ1v) is 6.60. The lowest BCUT2D eigenvalue weighted by molar-refractivity contribution is 0.156. The summed E-state index contributed by atoms with van der Waals surface area (Å²) in [5.74, 6) is 1.51. The molecular weight excluding hydrogens is 248 g/mol. The molecule has 0 saturated heterocycles. The quantitative estimate of drug-likeness (QED) is 0.664. The maximum absolute atomic E-state index is 5.87. The predicted octanol–water partition coefficient (Wildman–Crippen LogP) is 3.00. The van der Waals surface area contributed by atoms with Crippen molar-refractivity contribution in [3.05, 3.63) is 41.3 Å². The van der Waals surface area contributed by atoms with E-state index < -0.39 is 0 Å².